The summed E-state index contributed by atoms with van der Waals surface area (Å²) in [4.78, 5) is 10.3. The average molecular weight is 591 g/mol. The van der Waals surface area contributed by atoms with Crippen molar-refractivity contribution in [2.75, 3.05) is 25.0 Å². The minimum Gasteiger partial charge on any atom is -0.489 e. The molecule has 0 spiro atoms. The summed E-state index contributed by atoms with van der Waals surface area (Å²) in [6.45, 7) is 8.93. The van der Waals surface area contributed by atoms with Crippen molar-refractivity contribution in [1.29, 1.82) is 5.26 Å². The summed E-state index contributed by atoms with van der Waals surface area (Å²) in [5, 5.41) is 19.8. The SMILES string of the molecule is C=C(c1cc(Cl)c(OCCCl)c(C#N)c1)N1C=CC(OCc2ccnc(N[N+](C)(O)S)n2)=C/C1=C/C(C)CC. The van der Waals surface area contributed by atoms with Gasteiger partial charge in [-0.05, 0) is 34.4 Å². The molecule has 0 amide bonds. The molecule has 3 rings (SSSR count). The van der Waals surface area contributed by atoms with Crippen LogP contribution in [0.3, 0.4) is 0 Å². The summed E-state index contributed by atoms with van der Waals surface area (Å²) in [5.41, 5.74) is 5.70. The summed E-state index contributed by atoms with van der Waals surface area (Å²) in [6, 6.07) is 7.28. The summed E-state index contributed by atoms with van der Waals surface area (Å²) in [7, 11) is 1.41. The molecule has 39 heavy (non-hydrogen) atoms. The molecule has 2 heterocycles. The van der Waals surface area contributed by atoms with Gasteiger partial charge in [-0.2, -0.15) is 15.9 Å². The number of rotatable bonds is 12. The van der Waals surface area contributed by atoms with Crippen molar-refractivity contribution < 1.29 is 18.8 Å². The zero-order valence-electron chi connectivity index (χ0n) is 21.9. The van der Waals surface area contributed by atoms with Gasteiger partial charge in [0.25, 0.3) is 5.95 Å². The maximum Gasteiger partial charge on any atom is 0.273 e. The van der Waals surface area contributed by atoms with E-state index in [-0.39, 0.29) is 31.0 Å². The molecular weight excluding hydrogens is 559 g/mol. The molecule has 0 aliphatic carbocycles. The third-order valence-electron chi connectivity index (χ3n) is 5.58. The number of ether oxygens (including phenoxy) is 2. The van der Waals surface area contributed by atoms with Crippen LogP contribution < -0.4 is 10.2 Å². The first kappa shape index (κ1) is 30.3. The monoisotopic (exact) mass is 589 g/mol. The van der Waals surface area contributed by atoms with E-state index in [1.54, 1.807) is 24.4 Å². The number of aromatic nitrogens is 2. The first-order valence-electron chi connectivity index (χ1n) is 12.1. The van der Waals surface area contributed by atoms with E-state index in [1.165, 1.54) is 7.05 Å². The second kappa shape index (κ2) is 13.7. The van der Waals surface area contributed by atoms with Crippen LogP contribution in [0.1, 0.15) is 37.1 Å². The Bertz CT molecular complexity index is 1330. The minimum atomic E-state index is -0.814. The molecular formula is C27H31Cl2N6O3S+. The number of hydrogen-bond donors (Lipinski definition) is 3. The van der Waals surface area contributed by atoms with Crippen LogP contribution in [0.2, 0.25) is 5.02 Å². The van der Waals surface area contributed by atoms with Crippen molar-refractivity contribution in [3.8, 4) is 11.8 Å². The number of nitriles is 1. The predicted octanol–water partition coefficient (Wildman–Crippen LogP) is 6.46. The Kier molecular flexibility index (Phi) is 10.7. The molecule has 0 bridgehead atoms. The van der Waals surface area contributed by atoms with Gasteiger partial charge in [-0.1, -0.05) is 44.5 Å². The normalized spacial score (nSPS) is 16.2. The van der Waals surface area contributed by atoms with E-state index < -0.39 is 4.16 Å². The number of anilines is 1. The van der Waals surface area contributed by atoms with Crippen LogP contribution in [0.4, 0.5) is 5.95 Å². The molecule has 0 saturated carbocycles. The van der Waals surface area contributed by atoms with Crippen molar-refractivity contribution in [1.82, 2.24) is 14.9 Å². The Labute approximate surface area is 244 Å². The zero-order chi connectivity index (χ0) is 28.6. The highest BCUT2D eigenvalue weighted by atomic mass is 35.5. The molecule has 1 aromatic heterocycles. The van der Waals surface area contributed by atoms with Gasteiger partial charge in [0.15, 0.2) is 5.75 Å². The number of hydrogen-bond acceptors (Lipinski definition) is 9. The molecule has 206 valence electrons. The van der Waals surface area contributed by atoms with Gasteiger partial charge in [-0.25, -0.2) is 9.97 Å². The molecule has 0 saturated heterocycles. The average Bonchev–Trinajstić information content (AvgIpc) is 2.89. The molecule has 12 heteroatoms. The van der Waals surface area contributed by atoms with Crippen LogP contribution in [0.25, 0.3) is 5.70 Å². The first-order valence-corrected chi connectivity index (χ1v) is 13.4. The van der Waals surface area contributed by atoms with E-state index in [2.05, 4.69) is 60.8 Å². The van der Waals surface area contributed by atoms with Gasteiger partial charge in [-0.15, -0.1) is 11.6 Å². The Morgan fingerprint density at radius 2 is 2.18 bits per heavy atom. The molecule has 0 fully saturated rings. The first-order chi connectivity index (χ1) is 18.5. The van der Waals surface area contributed by atoms with E-state index in [4.69, 9.17) is 32.7 Å². The van der Waals surface area contributed by atoms with Crippen LogP contribution >= 0.6 is 36.0 Å². The van der Waals surface area contributed by atoms with Crippen LogP contribution in [-0.2, 0) is 11.3 Å². The number of quaternary nitrogens is 1. The van der Waals surface area contributed by atoms with Crippen LogP contribution in [-0.4, -0.2) is 43.8 Å². The lowest BCUT2D eigenvalue weighted by Gasteiger charge is -2.29. The van der Waals surface area contributed by atoms with Crippen molar-refractivity contribution in [3.63, 3.8) is 0 Å². The second-order valence-corrected chi connectivity index (χ2v) is 10.4. The van der Waals surface area contributed by atoms with E-state index in [9.17, 15) is 10.5 Å². The van der Waals surface area contributed by atoms with E-state index in [0.29, 0.717) is 39.0 Å². The van der Waals surface area contributed by atoms with E-state index in [0.717, 1.165) is 12.1 Å². The van der Waals surface area contributed by atoms with Gasteiger partial charge in [0.1, 0.15) is 44.9 Å². The zero-order valence-corrected chi connectivity index (χ0v) is 24.3. The number of hydroxylamine groups is 1. The molecule has 1 aliphatic rings. The fourth-order valence-corrected chi connectivity index (χ4v) is 3.96. The van der Waals surface area contributed by atoms with Crippen LogP contribution in [0.5, 0.6) is 5.75 Å². The number of benzene rings is 1. The van der Waals surface area contributed by atoms with Crippen LogP contribution in [0, 0.1) is 17.2 Å². The molecule has 2 N–H and O–H groups in total. The van der Waals surface area contributed by atoms with Crippen molar-refractivity contribution in [2.45, 2.75) is 26.9 Å². The van der Waals surface area contributed by atoms with E-state index >= 15 is 0 Å². The van der Waals surface area contributed by atoms with Crippen molar-refractivity contribution >= 4 is 47.7 Å². The molecule has 9 nitrogen and oxygen atoms in total. The lowest BCUT2D eigenvalue weighted by Crippen LogP contribution is -2.36. The molecule has 2 atom stereocenters. The maximum atomic E-state index is 9.77. The Hall–Kier alpha value is -3.20. The minimum absolute atomic E-state index is 0.178. The van der Waals surface area contributed by atoms with Gasteiger partial charge in [0.05, 0.1) is 22.2 Å². The van der Waals surface area contributed by atoms with E-state index in [1.807, 2.05) is 23.3 Å². The lowest BCUT2D eigenvalue weighted by atomic mass is 10.0. The number of nitrogens with one attached hydrogen (secondary N) is 1. The van der Waals surface area contributed by atoms with Crippen molar-refractivity contribution in [2.24, 2.45) is 5.92 Å². The predicted molar refractivity (Wildman–Crippen MR) is 155 cm³/mol. The summed E-state index contributed by atoms with van der Waals surface area (Å²) >= 11 is 16.2. The standard InChI is InChI=1S/C27H31Cl2N6O3S/c1-5-18(2)12-23-15-24(38-17-22-6-9-31-27(32-22)33-35(4,36)39)7-10-34(23)19(3)20-13-21(16-30)26(25(29)14-20)37-11-8-28/h6-7,9-10,12-15,18,36,39H,3,5,8,11,17H2,1-2,4H3,(H,31,32,33)/q+1/b23-12-. The second-order valence-electron chi connectivity index (χ2n) is 8.83. The number of thiol groups is 1. The molecule has 2 unspecified atom stereocenters. The highest BCUT2D eigenvalue weighted by Crippen LogP contribution is 2.35. The number of alkyl halides is 1. The van der Waals surface area contributed by atoms with Gasteiger partial charge < -0.3 is 14.4 Å². The number of allylic oxidation sites excluding steroid dienone is 3. The number of nitrogens with zero attached hydrogens (tertiary/aromatic N) is 5. The Morgan fingerprint density at radius 3 is 2.85 bits per heavy atom. The molecule has 0 radical (unpaired) electrons. The quantitative estimate of drug-likeness (QED) is 0.112. The third-order valence-corrected chi connectivity index (χ3v) is 6.11. The highest BCUT2D eigenvalue weighted by Gasteiger charge is 2.20. The fraction of sp³-hybridized carbons (Fsp3) is 0.296. The van der Waals surface area contributed by atoms with Gasteiger partial charge in [0, 0.05) is 35.4 Å². The fourth-order valence-electron chi connectivity index (χ4n) is 3.52. The Balaban J connectivity index is 1.83. The van der Waals surface area contributed by atoms with Crippen molar-refractivity contribution in [3.05, 3.63) is 88.7 Å². The highest BCUT2D eigenvalue weighted by molar-refractivity contribution is 7.74. The third kappa shape index (κ3) is 8.65. The maximum absolute atomic E-state index is 9.77. The topological polar surface area (TPSA) is 104 Å². The summed E-state index contributed by atoms with van der Waals surface area (Å²) in [5.74, 6) is 1.70. The summed E-state index contributed by atoms with van der Waals surface area (Å²) < 4.78 is 10.8. The van der Waals surface area contributed by atoms with Gasteiger partial charge in [0.2, 0.25) is 0 Å². The smallest absolute Gasteiger partial charge is 0.273 e. The van der Waals surface area contributed by atoms with Gasteiger partial charge >= 0.3 is 0 Å². The Morgan fingerprint density at radius 1 is 1.41 bits per heavy atom. The molecule has 1 aliphatic heterocycles. The van der Waals surface area contributed by atoms with Crippen LogP contribution in [0.15, 0.2) is 66.9 Å². The number of halogens is 2. The largest absolute Gasteiger partial charge is 0.489 e. The molecule has 1 aromatic carbocycles. The lowest BCUT2D eigenvalue weighted by molar-refractivity contribution is -0.955. The molecule has 2 aromatic rings. The van der Waals surface area contributed by atoms with Gasteiger partial charge in [-0.3, -0.25) is 0 Å². The summed E-state index contributed by atoms with van der Waals surface area (Å²) in [6.07, 6.45) is 10.2.